The van der Waals surface area contributed by atoms with E-state index in [1.165, 1.54) is 37.7 Å². The van der Waals surface area contributed by atoms with Gasteiger partial charge in [-0.05, 0) is 62.3 Å². The van der Waals surface area contributed by atoms with Crippen molar-refractivity contribution in [2.45, 2.75) is 51.5 Å². The van der Waals surface area contributed by atoms with Crippen LogP contribution in [0, 0.1) is 11.8 Å². The van der Waals surface area contributed by atoms with Crippen LogP contribution in [0.1, 0.15) is 44.6 Å². The molecule has 2 heteroatoms. The average molecular weight is 275 g/mol. The van der Waals surface area contributed by atoms with E-state index in [4.69, 9.17) is 4.74 Å². The molecule has 112 valence electrons. The smallest absolute Gasteiger partial charge is 0.118 e. The zero-order chi connectivity index (χ0) is 14.4. The fourth-order valence-electron chi connectivity index (χ4n) is 3.58. The van der Waals surface area contributed by atoms with Crippen molar-refractivity contribution >= 4 is 0 Å². The Bertz CT molecular complexity index is 387. The number of aryl methyl sites for hydroxylation is 1. The normalized spacial score (nSPS) is 24.4. The molecule has 0 aromatic heterocycles. The van der Waals surface area contributed by atoms with E-state index in [1.54, 1.807) is 7.11 Å². The SMILES string of the molecule is CNC(CCc1ccc(OC)cc1)C1CCCC(C)C1. The molecule has 0 saturated heterocycles. The molecule has 1 aliphatic carbocycles. The Balaban J connectivity index is 1.86. The summed E-state index contributed by atoms with van der Waals surface area (Å²) in [6, 6.07) is 9.17. The maximum absolute atomic E-state index is 5.21. The molecule has 1 saturated carbocycles. The Morgan fingerprint density at radius 1 is 1.25 bits per heavy atom. The van der Waals surface area contributed by atoms with Crippen molar-refractivity contribution in [3.8, 4) is 5.75 Å². The van der Waals surface area contributed by atoms with Crippen LogP contribution in [-0.2, 0) is 6.42 Å². The Hall–Kier alpha value is -1.02. The van der Waals surface area contributed by atoms with Crippen LogP contribution in [0.2, 0.25) is 0 Å². The number of nitrogens with one attached hydrogen (secondary N) is 1. The van der Waals surface area contributed by atoms with Crippen molar-refractivity contribution in [1.29, 1.82) is 0 Å². The Morgan fingerprint density at radius 3 is 2.60 bits per heavy atom. The second-order valence-electron chi connectivity index (χ2n) is 6.31. The van der Waals surface area contributed by atoms with Crippen LogP contribution in [0.5, 0.6) is 5.75 Å². The summed E-state index contributed by atoms with van der Waals surface area (Å²) in [5.74, 6) is 2.72. The van der Waals surface area contributed by atoms with Crippen molar-refractivity contribution in [2.75, 3.05) is 14.2 Å². The molecule has 2 rings (SSSR count). The van der Waals surface area contributed by atoms with E-state index < -0.39 is 0 Å². The summed E-state index contributed by atoms with van der Waals surface area (Å²) in [6.07, 6.45) is 8.02. The first kappa shape index (κ1) is 15.4. The summed E-state index contributed by atoms with van der Waals surface area (Å²) in [7, 11) is 3.84. The molecule has 0 amide bonds. The fourth-order valence-corrected chi connectivity index (χ4v) is 3.58. The highest BCUT2D eigenvalue weighted by atomic mass is 16.5. The van der Waals surface area contributed by atoms with E-state index in [0.29, 0.717) is 6.04 Å². The molecular weight excluding hydrogens is 246 g/mol. The van der Waals surface area contributed by atoms with Crippen molar-refractivity contribution in [3.05, 3.63) is 29.8 Å². The van der Waals surface area contributed by atoms with Crippen LogP contribution < -0.4 is 10.1 Å². The molecule has 20 heavy (non-hydrogen) atoms. The van der Waals surface area contributed by atoms with Crippen molar-refractivity contribution in [2.24, 2.45) is 11.8 Å². The van der Waals surface area contributed by atoms with Gasteiger partial charge in [0, 0.05) is 6.04 Å². The molecule has 1 aromatic carbocycles. The van der Waals surface area contributed by atoms with Crippen molar-refractivity contribution < 1.29 is 4.74 Å². The third-order valence-corrected chi connectivity index (χ3v) is 4.82. The topological polar surface area (TPSA) is 21.3 Å². The molecule has 0 heterocycles. The lowest BCUT2D eigenvalue weighted by Gasteiger charge is -2.33. The van der Waals surface area contributed by atoms with Gasteiger partial charge in [-0.2, -0.15) is 0 Å². The first-order chi connectivity index (χ1) is 9.72. The first-order valence-electron chi connectivity index (χ1n) is 8.03. The third-order valence-electron chi connectivity index (χ3n) is 4.82. The predicted octanol–water partition coefficient (Wildman–Crippen LogP) is 4.04. The van der Waals surface area contributed by atoms with Crippen LogP contribution in [0.3, 0.4) is 0 Å². The van der Waals surface area contributed by atoms with Crippen LogP contribution in [0.15, 0.2) is 24.3 Å². The Morgan fingerprint density at radius 2 is 2.00 bits per heavy atom. The van der Waals surface area contributed by atoms with Gasteiger partial charge in [-0.25, -0.2) is 0 Å². The molecule has 0 bridgehead atoms. The minimum atomic E-state index is 0.667. The largest absolute Gasteiger partial charge is 0.497 e. The fraction of sp³-hybridized carbons (Fsp3) is 0.667. The molecule has 0 radical (unpaired) electrons. The lowest BCUT2D eigenvalue weighted by molar-refractivity contribution is 0.221. The summed E-state index contributed by atoms with van der Waals surface area (Å²) in [5, 5.41) is 3.56. The van der Waals surface area contributed by atoms with Gasteiger partial charge in [-0.1, -0.05) is 31.9 Å². The van der Waals surface area contributed by atoms with Gasteiger partial charge in [0.1, 0.15) is 5.75 Å². The predicted molar refractivity (Wildman–Crippen MR) is 85.3 cm³/mol. The molecule has 1 fully saturated rings. The number of hydrogen-bond acceptors (Lipinski definition) is 2. The molecule has 2 nitrogen and oxygen atoms in total. The van der Waals surface area contributed by atoms with Crippen molar-refractivity contribution in [1.82, 2.24) is 5.32 Å². The van der Waals surface area contributed by atoms with E-state index in [2.05, 4.69) is 43.6 Å². The van der Waals surface area contributed by atoms with Gasteiger partial charge in [0.15, 0.2) is 0 Å². The maximum atomic E-state index is 5.21. The van der Waals surface area contributed by atoms with Gasteiger partial charge in [0.05, 0.1) is 7.11 Å². The number of rotatable bonds is 6. The van der Waals surface area contributed by atoms with Crippen LogP contribution in [-0.4, -0.2) is 20.2 Å². The van der Waals surface area contributed by atoms with Gasteiger partial charge in [-0.3, -0.25) is 0 Å². The molecule has 0 aliphatic heterocycles. The minimum Gasteiger partial charge on any atom is -0.497 e. The molecule has 3 atom stereocenters. The van der Waals surface area contributed by atoms with Gasteiger partial charge < -0.3 is 10.1 Å². The van der Waals surface area contributed by atoms with Crippen LogP contribution in [0.4, 0.5) is 0 Å². The van der Waals surface area contributed by atoms with Gasteiger partial charge >= 0.3 is 0 Å². The number of methoxy groups -OCH3 is 1. The molecule has 1 aromatic rings. The Labute approximate surface area is 123 Å². The highest BCUT2D eigenvalue weighted by Crippen LogP contribution is 2.32. The van der Waals surface area contributed by atoms with Gasteiger partial charge in [-0.15, -0.1) is 0 Å². The second-order valence-corrected chi connectivity index (χ2v) is 6.31. The van der Waals surface area contributed by atoms with E-state index in [9.17, 15) is 0 Å². The lowest BCUT2D eigenvalue weighted by atomic mass is 9.77. The molecular formula is C18H29NO. The molecule has 3 unspecified atom stereocenters. The van der Waals surface area contributed by atoms with E-state index in [0.717, 1.165) is 24.0 Å². The molecule has 1 aliphatic rings. The van der Waals surface area contributed by atoms with Gasteiger partial charge in [0.2, 0.25) is 0 Å². The quantitative estimate of drug-likeness (QED) is 0.846. The number of benzene rings is 1. The molecule has 1 N–H and O–H groups in total. The summed E-state index contributed by atoms with van der Waals surface area (Å²) in [4.78, 5) is 0. The van der Waals surface area contributed by atoms with Crippen molar-refractivity contribution in [3.63, 3.8) is 0 Å². The summed E-state index contributed by atoms with van der Waals surface area (Å²) in [6.45, 7) is 2.41. The minimum absolute atomic E-state index is 0.667. The van der Waals surface area contributed by atoms with E-state index >= 15 is 0 Å². The van der Waals surface area contributed by atoms with E-state index in [1.807, 2.05) is 0 Å². The summed E-state index contributed by atoms with van der Waals surface area (Å²) in [5.41, 5.74) is 1.41. The van der Waals surface area contributed by atoms with E-state index in [-0.39, 0.29) is 0 Å². The first-order valence-corrected chi connectivity index (χ1v) is 8.03. The van der Waals surface area contributed by atoms with Crippen LogP contribution in [0.25, 0.3) is 0 Å². The Kier molecular flexibility index (Phi) is 5.90. The lowest BCUT2D eigenvalue weighted by Crippen LogP contribution is -2.36. The van der Waals surface area contributed by atoms with Crippen LogP contribution >= 0.6 is 0 Å². The highest BCUT2D eigenvalue weighted by Gasteiger charge is 2.25. The number of ether oxygens (including phenoxy) is 1. The summed E-state index contributed by atoms with van der Waals surface area (Å²) >= 11 is 0. The highest BCUT2D eigenvalue weighted by molar-refractivity contribution is 5.27. The zero-order valence-electron chi connectivity index (χ0n) is 13.2. The monoisotopic (exact) mass is 275 g/mol. The third kappa shape index (κ3) is 4.24. The van der Waals surface area contributed by atoms with Gasteiger partial charge in [0.25, 0.3) is 0 Å². The molecule has 0 spiro atoms. The standard InChI is InChI=1S/C18H29NO/c1-14-5-4-6-16(13-14)18(19-2)12-9-15-7-10-17(20-3)11-8-15/h7-8,10-11,14,16,18-19H,4-6,9,12-13H2,1-3H3. The summed E-state index contributed by atoms with van der Waals surface area (Å²) < 4.78 is 5.21. The second kappa shape index (κ2) is 7.68. The maximum Gasteiger partial charge on any atom is 0.118 e. The zero-order valence-corrected chi connectivity index (χ0v) is 13.2. The number of hydrogen-bond donors (Lipinski definition) is 1. The average Bonchev–Trinajstić information content (AvgIpc) is 2.48.